The lowest BCUT2D eigenvalue weighted by molar-refractivity contribution is 0.193. The smallest absolute Gasteiger partial charge is 0.404 e. The summed E-state index contributed by atoms with van der Waals surface area (Å²) >= 11 is 0. The molecule has 0 radical (unpaired) electrons. The molecule has 1 heterocycles. The molecule has 3 aromatic rings. The van der Waals surface area contributed by atoms with E-state index in [9.17, 15) is 18.3 Å². The van der Waals surface area contributed by atoms with E-state index in [1.54, 1.807) is 36.4 Å². The maximum atomic E-state index is 14.6. The fraction of sp³-hybridized carbons (Fsp3) is 0.174. The molecule has 3 aromatic carbocycles. The number of rotatable bonds is 7. The van der Waals surface area contributed by atoms with E-state index in [2.05, 4.69) is 5.32 Å². The first-order valence-corrected chi connectivity index (χ1v) is 11.6. The van der Waals surface area contributed by atoms with Gasteiger partial charge in [0.1, 0.15) is 11.5 Å². The second kappa shape index (κ2) is 9.07. The number of amides is 1. The van der Waals surface area contributed by atoms with Crippen molar-refractivity contribution in [3.8, 4) is 0 Å². The van der Waals surface area contributed by atoms with Crippen LogP contribution in [0.25, 0.3) is 0 Å². The Labute approximate surface area is 187 Å². The molecule has 0 saturated heterocycles. The lowest BCUT2D eigenvalue weighted by Crippen LogP contribution is -2.34. The number of para-hydroxylation sites is 3. The van der Waals surface area contributed by atoms with Gasteiger partial charge in [-0.15, -0.1) is 0 Å². The molecule has 0 aliphatic carbocycles. The number of halogens is 1. The number of anilines is 3. The minimum atomic E-state index is -3.58. The van der Waals surface area contributed by atoms with Crippen LogP contribution in [0, 0.1) is 5.82 Å². The molecular weight excluding hydrogens is 433 g/mol. The van der Waals surface area contributed by atoms with Gasteiger partial charge >= 0.3 is 6.09 Å². The molecule has 0 spiro atoms. The van der Waals surface area contributed by atoms with E-state index < -0.39 is 22.9 Å². The summed E-state index contributed by atoms with van der Waals surface area (Å²) < 4.78 is 39.8. The minimum absolute atomic E-state index is 0.0783. The van der Waals surface area contributed by atoms with Crippen LogP contribution in [0.1, 0.15) is 17.9 Å². The number of hydrogen-bond donors (Lipinski definition) is 4. The van der Waals surface area contributed by atoms with Gasteiger partial charge in [0.05, 0.1) is 11.4 Å². The fourth-order valence-corrected chi connectivity index (χ4v) is 5.72. The molecule has 0 aromatic heterocycles. The number of hydrogen-bond acceptors (Lipinski definition) is 5. The van der Waals surface area contributed by atoms with Crippen LogP contribution in [-0.4, -0.2) is 33.4 Å². The first kappa shape index (κ1) is 21.9. The molecule has 0 saturated carbocycles. The van der Waals surface area contributed by atoms with Gasteiger partial charge in [-0.25, -0.2) is 13.5 Å². The van der Waals surface area contributed by atoms with Gasteiger partial charge in [-0.05, 0) is 47.2 Å². The standard InChI is InChI=1S/C23H24FN3O4S/c24-19-10-4-5-11-20(19)27-22-13-7-6-12-21(22)26(32(27,30)31)15-14-18(16-25-23(28)29)17-8-2-1-3-9-17/h1-13,18,25,30-31H,14-16H2,(H,28,29). The Morgan fingerprint density at radius 2 is 1.50 bits per heavy atom. The van der Waals surface area contributed by atoms with E-state index in [0.717, 1.165) is 5.56 Å². The van der Waals surface area contributed by atoms with E-state index in [1.807, 2.05) is 30.3 Å². The number of carbonyl (C=O) groups is 1. The highest BCUT2D eigenvalue weighted by atomic mass is 32.3. The molecule has 32 heavy (non-hydrogen) atoms. The van der Waals surface area contributed by atoms with E-state index in [-0.39, 0.29) is 24.7 Å². The Bertz CT molecular complexity index is 1100. The zero-order valence-electron chi connectivity index (χ0n) is 17.1. The van der Waals surface area contributed by atoms with Gasteiger partial charge in [-0.1, -0.05) is 54.6 Å². The Morgan fingerprint density at radius 1 is 0.906 bits per heavy atom. The summed E-state index contributed by atoms with van der Waals surface area (Å²) in [6.07, 6.45) is -0.674. The highest BCUT2D eigenvalue weighted by molar-refractivity contribution is 8.27. The van der Waals surface area contributed by atoms with Gasteiger partial charge in [0.15, 0.2) is 0 Å². The van der Waals surface area contributed by atoms with Gasteiger partial charge in [0.25, 0.3) is 0 Å². The molecular formula is C23H24FN3O4S. The summed E-state index contributed by atoms with van der Waals surface area (Å²) in [5.41, 5.74) is 2.09. The first-order valence-electron chi connectivity index (χ1n) is 10.1. The predicted octanol–water partition coefficient (Wildman–Crippen LogP) is 5.81. The average Bonchev–Trinajstić information content (AvgIpc) is 3.00. The third-order valence-electron chi connectivity index (χ3n) is 5.43. The van der Waals surface area contributed by atoms with Crippen molar-refractivity contribution in [3.05, 3.63) is 90.2 Å². The van der Waals surface area contributed by atoms with Crippen molar-refractivity contribution in [2.45, 2.75) is 12.3 Å². The molecule has 0 bridgehead atoms. The van der Waals surface area contributed by atoms with E-state index >= 15 is 0 Å². The van der Waals surface area contributed by atoms with Crippen LogP contribution in [-0.2, 0) is 0 Å². The van der Waals surface area contributed by atoms with Crippen molar-refractivity contribution in [1.29, 1.82) is 0 Å². The van der Waals surface area contributed by atoms with Crippen molar-refractivity contribution in [2.75, 3.05) is 21.7 Å². The van der Waals surface area contributed by atoms with Crippen LogP contribution >= 0.6 is 11.0 Å². The number of nitrogens with zero attached hydrogens (tertiary/aromatic N) is 2. The summed E-state index contributed by atoms with van der Waals surface area (Å²) in [5, 5.41) is 11.5. The zero-order chi connectivity index (χ0) is 22.7. The normalized spacial score (nSPS) is 16.3. The van der Waals surface area contributed by atoms with Crippen molar-refractivity contribution >= 4 is 34.1 Å². The van der Waals surface area contributed by atoms with Gasteiger partial charge in [0.2, 0.25) is 0 Å². The summed E-state index contributed by atoms with van der Waals surface area (Å²) in [6.45, 7) is 0.413. The van der Waals surface area contributed by atoms with Gasteiger partial charge in [0, 0.05) is 19.0 Å². The number of benzene rings is 3. The van der Waals surface area contributed by atoms with Crippen molar-refractivity contribution < 1.29 is 23.4 Å². The monoisotopic (exact) mass is 457 g/mol. The van der Waals surface area contributed by atoms with Crippen molar-refractivity contribution in [2.24, 2.45) is 0 Å². The Hall–Kier alpha value is -3.27. The van der Waals surface area contributed by atoms with Gasteiger partial charge in [-0.2, -0.15) is 0 Å². The van der Waals surface area contributed by atoms with Gasteiger partial charge in [-0.3, -0.25) is 13.4 Å². The summed E-state index contributed by atoms with van der Waals surface area (Å²) in [7, 11) is -3.58. The van der Waals surface area contributed by atoms with E-state index in [0.29, 0.717) is 17.8 Å². The Kier molecular flexibility index (Phi) is 6.22. The summed E-state index contributed by atoms with van der Waals surface area (Å²) in [5.74, 6) is -0.742. The number of fused-ring (bicyclic) bond motifs is 1. The molecule has 1 aliphatic heterocycles. The molecule has 4 rings (SSSR count). The van der Waals surface area contributed by atoms with E-state index in [4.69, 9.17) is 5.11 Å². The quantitative estimate of drug-likeness (QED) is 0.358. The molecule has 4 N–H and O–H groups in total. The van der Waals surface area contributed by atoms with Crippen LogP contribution in [0.5, 0.6) is 0 Å². The Morgan fingerprint density at radius 3 is 2.16 bits per heavy atom. The lowest BCUT2D eigenvalue weighted by atomic mass is 9.95. The summed E-state index contributed by atoms with van der Waals surface area (Å²) in [6, 6.07) is 22.5. The highest BCUT2D eigenvalue weighted by Crippen LogP contribution is 2.64. The molecule has 9 heteroatoms. The van der Waals surface area contributed by atoms with Crippen LogP contribution in [0.3, 0.4) is 0 Å². The lowest BCUT2D eigenvalue weighted by Gasteiger charge is -2.44. The second-order valence-electron chi connectivity index (χ2n) is 7.41. The third kappa shape index (κ3) is 4.22. The molecule has 1 aliphatic rings. The molecule has 1 atom stereocenters. The highest BCUT2D eigenvalue weighted by Gasteiger charge is 2.42. The summed E-state index contributed by atoms with van der Waals surface area (Å²) in [4.78, 5) is 11.1. The SMILES string of the molecule is O=C(O)NCC(CCN1c2ccccc2N(c2ccccc2F)S1(O)O)c1ccccc1. The molecule has 1 amide bonds. The third-order valence-corrected chi connectivity index (χ3v) is 7.29. The average molecular weight is 458 g/mol. The topological polar surface area (TPSA) is 96.3 Å². The van der Waals surface area contributed by atoms with Crippen LogP contribution in [0.2, 0.25) is 0 Å². The van der Waals surface area contributed by atoms with Crippen molar-refractivity contribution in [1.82, 2.24) is 5.32 Å². The number of carboxylic acid groups (broad SMARTS) is 1. The number of nitrogens with one attached hydrogen (secondary N) is 1. The van der Waals surface area contributed by atoms with Crippen molar-refractivity contribution in [3.63, 3.8) is 0 Å². The molecule has 0 fully saturated rings. The predicted molar refractivity (Wildman–Crippen MR) is 125 cm³/mol. The maximum absolute atomic E-state index is 14.6. The second-order valence-corrected chi connectivity index (χ2v) is 9.19. The maximum Gasteiger partial charge on any atom is 0.404 e. The Balaban J connectivity index is 1.64. The first-order chi connectivity index (χ1) is 15.4. The zero-order valence-corrected chi connectivity index (χ0v) is 18.0. The van der Waals surface area contributed by atoms with Crippen LogP contribution in [0.4, 0.5) is 26.2 Å². The van der Waals surface area contributed by atoms with Gasteiger partial charge < -0.3 is 10.4 Å². The molecule has 168 valence electrons. The van der Waals surface area contributed by atoms with Crippen LogP contribution < -0.4 is 13.9 Å². The molecule has 7 nitrogen and oxygen atoms in total. The van der Waals surface area contributed by atoms with Crippen LogP contribution in [0.15, 0.2) is 78.9 Å². The minimum Gasteiger partial charge on any atom is -0.465 e. The fourth-order valence-electron chi connectivity index (χ4n) is 3.93. The molecule has 1 unspecified atom stereocenters. The largest absolute Gasteiger partial charge is 0.465 e. The van der Waals surface area contributed by atoms with E-state index in [1.165, 1.54) is 20.7 Å².